The Morgan fingerprint density at radius 3 is 2.81 bits per heavy atom. The van der Waals surface area contributed by atoms with Crippen molar-refractivity contribution in [1.82, 2.24) is 14.5 Å². The molecule has 0 aliphatic heterocycles. The molecule has 6 heteroatoms. The fourth-order valence-corrected chi connectivity index (χ4v) is 3.02. The standard InChI is InChI=1S/C15H16N4OS/c1-2-19-13-6-4-3-5-12(13)18-14(19)8-11(20)7-10-9-21-15(16)17-10/h3-6,9H,2,7-8H2,1H3,(H2,16,17). The number of thiazole rings is 1. The van der Waals surface area contributed by atoms with Gasteiger partial charge in [0.05, 0.1) is 29.6 Å². The summed E-state index contributed by atoms with van der Waals surface area (Å²) < 4.78 is 2.09. The minimum atomic E-state index is 0.102. The van der Waals surface area contributed by atoms with Crippen molar-refractivity contribution >= 4 is 33.3 Å². The maximum absolute atomic E-state index is 12.2. The Labute approximate surface area is 126 Å². The number of fused-ring (bicyclic) bond motifs is 1. The third-order valence-corrected chi connectivity index (χ3v) is 4.08. The Bertz CT molecular complexity index is 790. The third-order valence-electron chi connectivity index (χ3n) is 3.35. The third kappa shape index (κ3) is 2.80. The van der Waals surface area contributed by atoms with Gasteiger partial charge < -0.3 is 10.3 Å². The number of nitrogens with zero attached hydrogens (tertiary/aromatic N) is 3. The fourth-order valence-electron chi connectivity index (χ4n) is 2.46. The summed E-state index contributed by atoms with van der Waals surface area (Å²) in [4.78, 5) is 20.9. The Balaban J connectivity index is 1.82. The molecule has 5 nitrogen and oxygen atoms in total. The van der Waals surface area contributed by atoms with Gasteiger partial charge >= 0.3 is 0 Å². The van der Waals surface area contributed by atoms with Crippen molar-refractivity contribution in [3.63, 3.8) is 0 Å². The highest BCUT2D eigenvalue weighted by Gasteiger charge is 2.14. The van der Waals surface area contributed by atoms with Crippen molar-refractivity contribution in [1.29, 1.82) is 0 Å². The van der Waals surface area contributed by atoms with Gasteiger partial charge in [-0.1, -0.05) is 12.1 Å². The van der Waals surface area contributed by atoms with Gasteiger partial charge in [-0.2, -0.15) is 0 Å². The maximum Gasteiger partial charge on any atom is 0.180 e. The van der Waals surface area contributed by atoms with Gasteiger partial charge in [0.1, 0.15) is 11.6 Å². The number of aryl methyl sites for hydroxylation is 1. The van der Waals surface area contributed by atoms with E-state index in [0.717, 1.165) is 29.1 Å². The Hall–Kier alpha value is -2.21. The number of nitrogens with two attached hydrogens (primary N) is 1. The number of carbonyl (C=O) groups excluding carboxylic acids is 1. The molecule has 1 aromatic carbocycles. The number of hydrogen-bond donors (Lipinski definition) is 1. The minimum Gasteiger partial charge on any atom is -0.375 e. The van der Waals surface area contributed by atoms with Gasteiger partial charge in [-0.3, -0.25) is 4.79 Å². The van der Waals surface area contributed by atoms with Gasteiger partial charge in [-0.25, -0.2) is 9.97 Å². The van der Waals surface area contributed by atoms with Crippen LogP contribution in [0.25, 0.3) is 11.0 Å². The van der Waals surface area contributed by atoms with E-state index in [9.17, 15) is 4.79 Å². The van der Waals surface area contributed by atoms with Gasteiger partial charge in [0.2, 0.25) is 0 Å². The van der Waals surface area contributed by atoms with Crippen molar-refractivity contribution in [2.24, 2.45) is 0 Å². The Kier molecular flexibility index (Phi) is 3.70. The van der Waals surface area contributed by atoms with E-state index >= 15 is 0 Å². The number of Topliss-reactive ketones (excluding diaryl/α,β-unsaturated/α-hetero) is 1. The molecule has 0 spiro atoms. The molecule has 0 fully saturated rings. The van der Waals surface area contributed by atoms with Crippen molar-refractivity contribution in [2.45, 2.75) is 26.3 Å². The number of benzene rings is 1. The molecule has 0 unspecified atom stereocenters. The second kappa shape index (κ2) is 5.65. The van der Waals surface area contributed by atoms with Crippen LogP contribution in [0.5, 0.6) is 0 Å². The van der Waals surface area contributed by atoms with Crippen LogP contribution in [0.2, 0.25) is 0 Å². The van der Waals surface area contributed by atoms with Crippen LogP contribution in [0.15, 0.2) is 29.6 Å². The smallest absolute Gasteiger partial charge is 0.180 e. The van der Waals surface area contributed by atoms with Crippen LogP contribution >= 0.6 is 11.3 Å². The molecule has 0 saturated carbocycles. The number of imidazole rings is 1. The molecule has 0 aliphatic rings. The Morgan fingerprint density at radius 2 is 2.10 bits per heavy atom. The topological polar surface area (TPSA) is 73.8 Å². The molecular weight excluding hydrogens is 284 g/mol. The zero-order chi connectivity index (χ0) is 14.8. The summed E-state index contributed by atoms with van der Waals surface area (Å²) >= 11 is 1.36. The number of aromatic nitrogens is 3. The SMILES string of the molecule is CCn1c(CC(=O)Cc2csc(N)n2)nc2ccccc21. The lowest BCUT2D eigenvalue weighted by Gasteiger charge is -2.05. The lowest BCUT2D eigenvalue weighted by molar-refractivity contribution is -0.118. The monoisotopic (exact) mass is 300 g/mol. The van der Waals surface area contributed by atoms with E-state index in [4.69, 9.17) is 5.73 Å². The molecule has 2 N–H and O–H groups in total. The molecular formula is C15H16N4OS. The largest absolute Gasteiger partial charge is 0.375 e. The van der Waals surface area contributed by atoms with Gasteiger partial charge in [-0.15, -0.1) is 11.3 Å². The number of nitrogen functional groups attached to an aromatic ring is 1. The molecule has 2 aromatic heterocycles. The molecule has 3 aromatic rings. The van der Waals surface area contributed by atoms with Gasteiger partial charge in [0, 0.05) is 11.9 Å². The first-order chi connectivity index (χ1) is 10.2. The first kappa shape index (κ1) is 13.8. The molecule has 0 bridgehead atoms. The average Bonchev–Trinajstić information content (AvgIpc) is 3.01. The number of anilines is 1. The lowest BCUT2D eigenvalue weighted by atomic mass is 10.2. The van der Waals surface area contributed by atoms with E-state index in [1.165, 1.54) is 11.3 Å². The second-order valence-corrected chi connectivity index (χ2v) is 5.72. The van der Waals surface area contributed by atoms with E-state index < -0.39 is 0 Å². The summed E-state index contributed by atoms with van der Waals surface area (Å²) in [5.74, 6) is 0.914. The Morgan fingerprint density at radius 1 is 1.29 bits per heavy atom. The quantitative estimate of drug-likeness (QED) is 0.785. The summed E-state index contributed by atoms with van der Waals surface area (Å²) in [5.41, 5.74) is 8.32. The molecule has 0 amide bonds. The van der Waals surface area contributed by atoms with Crippen LogP contribution in [0, 0.1) is 0 Å². The van der Waals surface area contributed by atoms with E-state index in [2.05, 4.69) is 21.5 Å². The predicted octanol–water partition coefficient (Wildman–Crippen LogP) is 2.45. The summed E-state index contributed by atoms with van der Waals surface area (Å²) in [7, 11) is 0. The number of para-hydroxylation sites is 2. The van der Waals surface area contributed by atoms with Crippen molar-refractivity contribution in [2.75, 3.05) is 5.73 Å². The molecule has 108 valence electrons. The summed E-state index contributed by atoms with van der Waals surface area (Å²) in [6, 6.07) is 7.94. The first-order valence-corrected chi connectivity index (χ1v) is 7.71. The van der Waals surface area contributed by atoms with Crippen LogP contribution in [0.4, 0.5) is 5.13 Å². The molecule has 0 atom stereocenters. The van der Waals surface area contributed by atoms with E-state index in [1.807, 2.05) is 29.6 Å². The maximum atomic E-state index is 12.2. The molecule has 21 heavy (non-hydrogen) atoms. The van der Waals surface area contributed by atoms with Crippen molar-refractivity contribution in [3.05, 3.63) is 41.2 Å². The summed E-state index contributed by atoms with van der Waals surface area (Å²) in [6.45, 7) is 2.86. The molecule has 3 rings (SSSR count). The van der Waals surface area contributed by atoms with Gasteiger partial charge in [0.15, 0.2) is 5.13 Å². The van der Waals surface area contributed by atoms with Gasteiger partial charge in [0.25, 0.3) is 0 Å². The zero-order valence-corrected chi connectivity index (χ0v) is 12.6. The van der Waals surface area contributed by atoms with Gasteiger partial charge in [-0.05, 0) is 19.1 Å². The fraction of sp³-hybridized carbons (Fsp3) is 0.267. The predicted molar refractivity (Wildman–Crippen MR) is 84.3 cm³/mol. The van der Waals surface area contributed by atoms with Crippen LogP contribution < -0.4 is 5.73 Å². The normalized spacial score (nSPS) is 11.1. The number of ketones is 1. The number of hydrogen-bond acceptors (Lipinski definition) is 5. The number of carbonyl (C=O) groups is 1. The molecule has 2 heterocycles. The van der Waals surface area contributed by atoms with Crippen LogP contribution in [-0.4, -0.2) is 20.3 Å². The van der Waals surface area contributed by atoms with Crippen LogP contribution in [-0.2, 0) is 24.2 Å². The lowest BCUT2D eigenvalue weighted by Crippen LogP contribution is -2.12. The van der Waals surface area contributed by atoms with E-state index in [0.29, 0.717) is 18.0 Å². The minimum absolute atomic E-state index is 0.102. The van der Waals surface area contributed by atoms with Crippen molar-refractivity contribution in [3.8, 4) is 0 Å². The van der Waals surface area contributed by atoms with E-state index in [-0.39, 0.29) is 5.78 Å². The highest BCUT2D eigenvalue weighted by atomic mass is 32.1. The highest BCUT2D eigenvalue weighted by molar-refractivity contribution is 7.13. The number of rotatable bonds is 5. The van der Waals surface area contributed by atoms with Crippen molar-refractivity contribution < 1.29 is 4.79 Å². The molecule has 0 saturated heterocycles. The van der Waals surface area contributed by atoms with E-state index in [1.54, 1.807) is 0 Å². The summed E-state index contributed by atoms with van der Waals surface area (Å²) in [5, 5.41) is 2.33. The average molecular weight is 300 g/mol. The zero-order valence-electron chi connectivity index (χ0n) is 11.7. The molecule has 0 radical (unpaired) electrons. The first-order valence-electron chi connectivity index (χ1n) is 6.83. The summed E-state index contributed by atoms with van der Waals surface area (Å²) in [6.07, 6.45) is 0.626. The van der Waals surface area contributed by atoms with Crippen LogP contribution in [0.1, 0.15) is 18.4 Å². The second-order valence-electron chi connectivity index (χ2n) is 4.83. The van der Waals surface area contributed by atoms with Crippen LogP contribution in [0.3, 0.4) is 0 Å². The molecule has 0 aliphatic carbocycles. The highest BCUT2D eigenvalue weighted by Crippen LogP contribution is 2.17.